The summed E-state index contributed by atoms with van der Waals surface area (Å²) in [5.74, 6) is 0.104. The van der Waals surface area contributed by atoms with E-state index in [4.69, 9.17) is 21.1 Å². The Kier molecular flexibility index (Phi) is 8.49. The van der Waals surface area contributed by atoms with E-state index in [1.165, 1.54) is 6.08 Å². The minimum atomic E-state index is -0.521. The van der Waals surface area contributed by atoms with E-state index in [1.807, 2.05) is 32.0 Å². The highest BCUT2D eigenvalue weighted by Crippen LogP contribution is 2.27. The molecule has 0 spiro atoms. The van der Waals surface area contributed by atoms with Crippen LogP contribution in [0.25, 0.3) is 6.08 Å². The van der Waals surface area contributed by atoms with Crippen LogP contribution in [-0.4, -0.2) is 25.5 Å². The van der Waals surface area contributed by atoms with E-state index < -0.39 is 5.91 Å². The molecule has 3 aromatic carbocycles. The van der Waals surface area contributed by atoms with Crippen molar-refractivity contribution in [2.24, 2.45) is 0 Å². The Labute approximate surface area is 208 Å². The van der Waals surface area contributed by atoms with Crippen molar-refractivity contribution in [2.45, 2.75) is 13.8 Å². The first-order valence-electron chi connectivity index (χ1n) is 10.7. The molecule has 0 radical (unpaired) electrons. The number of hydrogen-bond acceptors (Lipinski definition) is 5. The van der Waals surface area contributed by atoms with E-state index in [9.17, 15) is 14.9 Å². The van der Waals surface area contributed by atoms with Crippen LogP contribution in [0.2, 0.25) is 5.02 Å². The van der Waals surface area contributed by atoms with Crippen LogP contribution in [0.5, 0.6) is 11.5 Å². The third-order valence-electron chi connectivity index (χ3n) is 5.22. The van der Waals surface area contributed by atoms with Gasteiger partial charge in [-0.25, -0.2) is 0 Å². The number of methoxy groups -OCH3 is 1. The van der Waals surface area contributed by atoms with Gasteiger partial charge in [-0.15, -0.1) is 0 Å². The maximum atomic E-state index is 12.6. The van der Waals surface area contributed by atoms with Crippen LogP contribution in [0.4, 0.5) is 11.4 Å². The summed E-state index contributed by atoms with van der Waals surface area (Å²) in [4.78, 5) is 24.8. The molecule has 178 valence electrons. The number of nitriles is 1. The van der Waals surface area contributed by atoms with E-state index in [2.05, 4.69) is 10.6 Å². The van der Waals surface area contributed by atoms with Crippen molar-refractivity contribution in [3.05, 3.63) is 87.9 Å². The minimum absolute atomic E-state index is 0.0745. The number of anilines is 2. The van der Waals surface area contributed by atoms with Gasteiger partial charge in [0.15, 0.2) is 6.61 Å². The number of ether oxygens (including phenoxy) is 2. The van der Waals surface area contributed by atoms with E-state index in [0.29, 0.717) is 28.4 Å². The highest BCUT2D eigenvalue weighted by molar-refractivity contribution is 6.32. The lowest BCUT2D eigenvalue weighted by molar-refractivity contribution is -0.118. The zero-order chi connectivity index (χ0) is 25.4. The third-order valence-corrected chi connectivity index (χ3v) is 5.51. The third kappa shape index (κ3) is 6.85. The minimum Gasteiger partial charge on any atom is -0.497 e. The van der Waals surface area contributed by atoms with Crippen LogP contribution >= 0.6 is 11.6 Å². The van der Waals surface area contributed by atoms with Crippen LogP contribution in [0, 0.1) is 25.2 Å². The summed E-state index contributed by atoms with van der Waals surface area (Å²) in [6, 6.07) is 19.2. The number of hydrogen-bond donors (Lipinski definition) is 2. The molecule has 0 saturated carbocycles. The molecule has 0 aliphatic rings. The lowest BCUT2D eigenvalue weighted by atomic mass is 10.1. The van der Waals surface area contributed by atoms with Gasteiger partial charge in [-0.05, 0) is 79.1 Å². The van der Waals surface area contributed by atoms with Crippen LogP contribution in [0.15, 0.2) is 66.2 Å². The number of carbonyl (C=O) groups is 2. The molecule has 0 atom stereocenters. The summed E-state index contributed by atoms with van der Waals surface area (Å²) < 4.78 is 10.6. The first kappa shape index (κ1) is 25.3. The topological polar surface area (TPSA) is 100 Å². The van der Waals surface area contributed by atoms with Gasteiger partial charge in [-0.2, -0.15) is 5.26 Å². The molecule has 3 aromatic rings. The number of amides is 2. The Morgan fingerprint density at radius 3 is 2.46 bits per heavy atom. The fourth-order valence-electron chi connectivity index (χ4n) is 3.13. The summed E-state index contributed by atoms with van der Waals surface area (Å²) in [6.07, 6.45) is 1.44. The zero-order valence-corrected chi connectivity index (χ0v) is 20.3. The molecular weight excluding hydrogens is 466 g/mol. The molecule has 0 aliphatic carbocycles. The number of nitrogens with zero attached hydrogens (tertiary/aromatic N) is 1. The Hall–Kier alpha value is -4.28. The highest BCUT2D eigenvalue weighted by atomic mass is 35.5. The second-order valence-electron chi connectivity index (χ2n) is 7.63. The van der Waals surface area contributed by atoms with E-state index in [0.717, 1.165) is 11.1 Å². The smallest absolute Gasteiger partial charge is 0.266 e. The van der Waals surface area contributed by atoms with Gasteiger partial charge in [0.2, 0.25) is 0 Å². The number of benzene rings is 3. The van der Waals surface area contributed by atoms with Crippen molar-refractivity contribution in [3.8, 4) is 17.6 Å². The van der Waals surface area contributed by atoms with Crippen molar-refractivity contribution < 1.29 is 19.1 Å². The predicted molar refractivity (Wildman–Crippen MR) is 137 cm³/mol. The van der Waals surface area contributed by atoms with Gasteiger partial charge in [-0.1, -0.05) is 29.8 Å². The van der Waals surface area contributed by atoms with Crippen molar-refractivity contribution in [1.82, 2.24) is 0 Å². The standard InChI is InChI=1S/C27H24ClN3O4/c1-17-5-4-6-24(18(17)2)31-27(33)20(15-29)13-19-7-12-25(23(28)14-19)35-16-26(32)30-21-8-10-22(34-3)11-9-21/h4-14H,16H2,1-3H3,(H,30,32)(H,31,33). The number of aryl methyl sites for hydroxylation is 1. The largest absolute Gasteiger partial charge is 0.497 e. The molecule has 0 unspecified atom stereocenters. The predicted octanol–water partition coefficient (Wildman–Crippen LogP) is 5.53. The molecule has 0 heterocycles. The molecule has 7 nitrogen and oxygen atoms in total. The van der Waals surface area contributed by atoms with Crippen LogP contribution in [0.3, 0.4) is 0 Å². The van der Waals surface area contributed by atoms with Gasteiger partial charge in [0.05, 0.1) is 12.1 Å². The summed E-state index contributed by atoms with van der Waals surface area (Å²) in [5.41, 5.74) is 3.68. The molecule has 2 N–H and O–H groups in total. The Balaban J connectivity index is 1.63. The quantitative estimate of drug-likeness (QED) is 0.320. The molecule has 0 aliphatic heterocycles. The molecule has 0 bridgehead atoms. The summed E-state index contributed by atoms with van der Waals surface area (Å²) >= 11 is 6.30. The average molecular weight is 490 g/mol. The monoisotopic (exact) mass is 489 g/mol. The summed E-state index contributed by atoms with van der Waals surface area (Å²) in [6.45, 7) is 3.60. The Morgan fingerprint density at radius 1 is 1.06 bits per heavy atom. The fourth-order valence-corrected chi connectivity index (χ4v) is 3.37. The second-order valence-corrected chi connectivity index (χ2v) is 8.03. The van der Waals surface area contributed by atoms with Crippen LogP contribution < -0.4 is 20.1 Å². The normalized spacial score (nSPS) is 10.8. The molecule has 0 fully saturated rings. The molecule has 35 heavy (non-hydrogen) atoms. The summed E-state index contributed by atoms with van der Waals surface area (Å²) in [7, 11) is 1.56. The van der Waals surface area contributed by atoms with E-state index in [-0.39, 0.29) is 23.1 Å². The first-order chi connectivity index (χ1) is 16.8. The SMILES string of the molecule is COc1ccc(NC(=O)COc2ccc(C=C(C#N)C(=O)Nc3cccc(C)c3C)cc2Cl)cc1. The molecule has 8 heteroatoms. The highest BCUT2D eigenvalue weighted by Gasteiger charge is 2.13. The number of rotatable bonds is 8. The van der Waals surface area contributed by atoms with Gasteiger partial charge in [0, 0.05) is 11.4 Å². The molecule has 0 saturated heterocycles. The van der Waals surface area contributed by atoms with Crippen molar-refractivity contribution >= 4 is 40.9 Å². The van der Waals surface area contributed by atoms with Gasteiger partial charge in [0.1, 0.15) is 23.1 Å². The van der Waals surface area contributed by atoms with E-state index in [1.54, 1.807) is 55.6 Å². The van der Waals surface area contributed by atoms with Crippen LogP contribution in [-0.2, 0) is 9.59 Å². The van der Waals surface area contributed by atoms with Crippen molar-refractivity contribution in [2.75, 3.05) is 24.4 Å². The second kappa shape index (κ2) is 11.7. The van der Waals surface area contributed by atoms with Gasteiger partial charge in [-0.3, -0.25) is 9.59 Å². The molecule has 0 aromatic heterocycles. The zero-order valence-electron chi connectivity index (χ0n) is 19.5. The van der Waals surface area contributed by atoms with Gasteiger partial charge in [0.25, 0.3) is 11.8 Å². The number of nitrogens with one attached hydrogen (secondary N) is 2. The molecular formula is C27H24ClN3O4. The number of carbonyl (C=O) groups excluding carboxylic acids is 2. The first-order valence-corrected chi connectivity index (χ1v) is 11.0. The number of halogens is 1. The maximum Gasteiger partial charge on any atom is 0.266 e. The average Bonchev–Trinajstić information content (AvgIpc) is 2.85. The molecule has 2 amide bonds. The van der Waals surface area contributed by atoms with Crippen molar-refractivity contribution in [3.63, 3.8) is 0 Å². The van der Waals surface area contributed by atoms with E-state index >= 15 is 0 Å². The lowest BCUT2D eigenvalue weighted by Gasteiger charge is -2.11. The van der Waals surface area contributed by atoms with Crippen molar-refractivity contribution in [1.29, 1.82) is 5.26 Å². The maximum absolute atomic E-state index is 12.6. The molecule has 3 rings (SSSR count). The summed E-state index contributed by atoms with van der Waals surface area (Å²) in [5, 5.41) is 15.2. The fraction of sp³-hybridized carbons (Fsp3) is 0.148. The van der Waals surface area contributed by atoms with Crippen LogP contribution in [0.1, 0.15) is 16.7 Å². The van der Waals surface area contributed by atoms with Gasteiger partial charge >= 0.3 is 0 Å². The Bertz CT molecular complexity index is 1310. The lowest BCUT2D eigenvalue weighted by Crippen LogP contribution is -2.20. The van der Waals surface area contributed by atoms with Gasteiger partial charge < -0.3 is 20.1 Å². The Morgan fingerprint density at radius 2 is 1.80 bits per heavy atom.